The molecule has 0 spiro atoms. The Morgan fingerprint density at radius 2 is 1.45 bits per heavy atom. The molecule has 0 rings (SSSR count). The molecule has 62 valence electrons. The van der Waals surface area contributed by atoms with Gasteiger partial charge in [0.25, 0.3) is 0 Å². The molecule has 0 fully saturated rings. The molecule has 0 saturated carbocycles. The van der Waals surface area contributed by atoms with Crippen molar-refractivity contribution in [1.82, 2.24) is 4.90 Å². The van der Waals surface area contributed by atoms with Gasteiger partial charge in [-0.25, -0.2) is 4.79 Å². The van der Waals surface area contributed by atoms with Gasteiger partial charge in [0, 0.05) is 12.1 Å². The van der Waals surface area contributed by atoms with Gasteiger partial charge in [0.05, 0.1) is 0 Å². The fraction of sp³-hybridized carbons (Fsp3) is 0.857. The fourth-order valence-corrected chi connectivity index (χ4v) is 1.11. The molecule has 2 N–H and O–H groups in total. The molecule has 0 aromatic heterocycles. The van der Waals surface area contributed by atoms with Crippen molar-refractivity contribution in [2.75, 3.05) is 0 Å². The summed E-state index contributed by atoms with van der Waals surface area (Å²) in [6.07, 6.45) is 0. The Labute approximate surface area is 80.5 Å². The molecule has 11 heavy (non-hydrogen) atoms. The van der Waals surface area contributed by atoms with Gasteiger partial charge >= 0.3 is 24.9 Å². The van der Waals surface area contributed by atoms with Crippen LogP contribution in [0.2, 0.25) is 0 Å². The Bertz CT molecular complexity index is 118. The van der Waals surface area contributed by atoms with Crippen molar-refractivity contribution in [2.24, 2.45) is 5.73 Å². The molecule has 4 heteroatoms. The average Bonchev–Trinajstić information content (AvgIpc) is 1.59. The number of nitrogens with two attached hydrogens (primary N) is 1. The number of carbonyl (C=O) groups is 1. The van der Waals surface area contributed by atoms with Crippen LogP contribution < -0.4 is 5.73 Å². The van der Waals surface area contributed by atoms with Gasteiger partial charge in [-0.1, -0.05) is 0 Å². The molecule has 0 bridgehead atoms. The van der Waals surface area contributed by atoms with Crippen LogP contribution in [0.5, 0.6) is 0 Å². The van der Waals surface area contributed by atoms with Gasteiger partial charge < -0.3 is 10.6 Å². The average molecular weight is 152 g/mol. The third-order valence-corrected chi connectivity index (χ3v) is 1.37. The molecule has 0 radical (unpaired) electrons. The first-order valence-electron chi connectivity index (χ1n) is 3.54. The maximum atomic E-state index is 10.7. The van der Waals surface area contributed by atoms with E-state index in [4.69, 9.17) is 5.73 Å². The third kappa shape index (κ3) is 4.34. The predicted octanol–water partition coefficient (Wildman–Crippen LogP) is 0.535. The van der Waals surface area contributed by atoms with Gasteiger partial charge in [0.1, 0.15) is 0 Å². The summed E-state index contributed by atoms with van der Waals surface area (Å²) in [7, 11) is 0. The van der Waals surface area contributed by atoms with E-state index in [-0.39, 0.29) is 37.0 Å². The monoisotopic (exact) mass is 152 g/mol. The normalized spacial score (nSPS) is 9.64. The molecule has 0 unspecified atom stereocenters. The van der Waals surface area contributed by atoms with Gasteiger partial charge in [0.15, 0.2) is 0 Å². The van der Waals surface area contributed by atoms with Crippen LogP contribution in [0.15, 0.2) is 0 Å². The van der Waals surface area contributed by atoms with Crippen molar-refractivity contribution in [3.8, 4) is 0 Å². The molecule has 0 aliphatic heterocycles. The number of rotatable bonds is 2. The van der Waals surface area contributed by atoms with E-state index in [1.807, 2.05) is 27.7 Å². The van der Waals surface area contributed by atoms with E-state index >= 15 is 0 Å². The number of primary amides is 1. The van der Waals surface area contributed by atoms with Crippen LogP contribution in [0.4, 0.5) is 4.79 Å². The van der Waals surface area contributed by atoms with E-state index < -0.39 is 0 Å². The number of hydrogen-bond donors (Lipinski definition) is 1. The summed E-state index contributed by atoms with van der Waals surface area (Å²) in [5.74, 6) is 0. The number of carbonyl (C=O) groups excluding carboxylic acids is 1. The topological polar surface area (TPSA) is 46.3 Å². The van der Waals surface area contributed by atoms with Crippen molar-refractivity contribution < 1.29 is 4.79 Å². The van der Waals surface area contributed by atoms with Crippen molar-refractivity contribution in [3.05, 3.63) is 0 Å². The van der Waals surface area contributed by atoms with E-state index in [2.05, 4.69) is 0 Å². The van der Waals surface area contributed by atoms with Crippen LogP contribution >= 0.6 is 0 Å². The second kappa shape index (κ2) is 5.51. The minimum absolute atomic E-state index is 0. The van der Waals surface area contributed by atoms with Crippen LogP contribution in [0.1, 0.15) is 27.7 Å². The molecule has 0 atom stereocenters. The quantitative estimate of drug-likeness (QED) is 0.576. The molecule has 0 aliphatic carbocycles. The molecule has 2 amide bonds. The van der Waals surface area contributed by atoms with Gasteiger partial charge in [-0.05, 0) is 27.7 Å². The first kappa shape index (κ1) is 13.5. The zero-order valence-corrected chi connectivity index (χ0v) is 7.09. The minimum atomic E-state index is -0.343. The summed E-state index contributed by atoms with van der Waals surface area (Å²) >= 11 is 0. The van der Waals surface area contributed by atoms with Crippen molar-refractivity contribution in [1.29, 1.82) is 0 Å². The molecule has 0 saturated heterocycles. The summed E-state index contributed by atoms with van der Waals surface area (Å²) in [5, 5.41) is 0. The van der Waals surface area contributed by atoms with E-state index in [0.29, 0.717) is 0 Å². The standard InChI is InChI=1S/C7H16N2O.Li.H/c1-5(2)9(6(3)4)7(8)10;;/h5-6H,1-4H3,(H2,8,10);;. The Morgan fingerprint density at radius 1 is 1.18 bits per heavy atom. The molecular weight excluding hydrogens is 135 g/mol. The number of urea groups is 1. The Balaban J connectivity index is 0. The molecular formula is C7H17LiN2O. The number of nitrogens with zero attached hydrogens (tertiary/aromatic N) is 1. The van der Waals surface area contributed by atoms with Crippen LogP contribution in [0.25, 0.3) is 0 Å². The number of hydrogen-bond acceptors (Lipinski definition) is 1. The zero-order chi connectivity index (χ0) is 8.31. The summed E-state index contributed by atoms with van der Waals surface area (Å²) < 4.78 is 0. The predicted molar refractivity (Wildman–Crippen MR) is 48.8 cm³/mol. The maximum absolute atomic E-state index is 10.7. The van der Waals surface area contributed by atoms with E-state index in [1.165, 1.54) is 0 Å². The van der Waals surface area contributed by atoms with E-state index in [0.717, 1.165) is 0 Å². The summed E-state index contributed by atoms with van der Waals surface area (Å²) in [4.78, 5) is 12.4. The third-order valence-electron chi connectivity index (χ3n) is 1.37. The van der Waals surface area contributed by atoms with Gasteiger partial charge in [0.2, 0.25) is 0 Å². The first-order chi connectivity index (χ1) is 4.46. The van der Waals surface area contributed by atoms with Crippen molar-refractivity contribution >= 4 is 24.9 Å². The van der Waals surface area contributed by atoms with Gasteiger partial charge in [-0.3, -0.25) is 0 Å². The Hall–Kier alpha value is -0.133. The fourth-order valence-electron chi connectivity index (χ4n) is 1.11. The molecule has 0 heterocycles. The van der Waals surface area contributed by atoms with Crippen molar-refractivity contribution in [2.45, 2.75) is 39.8 Å². The van der Waals surface area contributed by atoms with Crippen molar-refractivity contribution in [3.63, 3.8) is 0 Å². The van der Waals surface area contributed by atoms with Crippen LogP contribution in [0, 0.1) is 0 Å². The second-order valence-corrected chi connectivity index (χ2v) is 2.93. The summed E-state index contributed by atoms with van der Waals surface area (Å²) in [6, 6.07) is 0.0417. The first-order valence-corrected chi connectivity index (χ1v) is 3.54. The molecule has 3 nitrogen and oxygen atoms in total. The summed E-state index contributed by atoms with van der Waals surface area (Å²) in [5.41, 5.74) is 5.13. The number of amides is 2. The molecule has 0 aliphatic rings. The van der Waals surface area contributed by atoms with Crippen LogP contribution in [-0.4, -0.2) is 41.9 Å². The molecule has 0 aromatic rings. The summed E-state index contributed by atoms with van der Waals surface area (Å²) in [6.45, 7) is 7.80. The SMILES string of the molecule is CC(C)N(C(N)=O)C(C)C.[LiH]. The molecule has 0 aromatic carbocycles. The van der Waals surface area contributed by atoms with E-state index in [9.17, 15) is 4.79 Å². The Kier molecular flexibility index (Phi) is 6.74. The Morgan fingerprint density at radius 3 is 1.45 bits per heavy atom. The van der Waals surface area contributed by atoms with Gasteiger partial charge in [-0.2, -0.15) is 0 Å². The second-order valence-electron chi connectivity index (χ2n) is 2.93. The van der Waals surface area contributed by atoms with E-state index in [1.54, 1.807) is 4.90 Å². The zero-order valence-electron chi connectivity index (χ0n) is 7.09. The van der Waals surface area contributed by atoms with Crippen LogP contribution in [0.3, 0.4) is 0 Å². The van der Waals surface area contributed by atoms with Gasteiger partial charge in [-0.15, -0.1) is 0 Å². The van der Waals surface area contributed by atoms with Crippen LogP contribution in [-0.2, 0) is 0 Å².